The molecule has 0 radical (unpaired) electrons. The number of esters is 1. The first-order valence-corrected chi connectivity index (χ1v) is 10.3. The zero-order chi connectivity index (χ0) is 19.7. The van der Waals surface area contributed by atoms with Gasteiger partial charge in [-0.1, -0.05) is 82.7 Å². The quantitative estimate of drug-likeness (QED) is 0.365. The van der Waals surface area contributed by atoms with Crippen molar-refractivity contribution in [3.63, 3.8) is 0 Å². The number of hydrogen-bond acceptors (Lipinski definition) is 4. The monoisotopic (exact) mass is 377 g/mol. The molecule has 0 aromatic heterocycles. The molecule has 27 heavy (non-hydrogen) atoms. The Labute approximate surface area is 163 Å². The fourth-order valence-corrected chi connectivity index (χ4v) is 2.69. The fourth-order valence-electron chi connectivity index (χ4n) is 2.69. The van der Waals surface area contributed by atoms with Crippen LogP contribution in [0, 0.1) is 0 Å². The number of ether oxygens (including phenoxy) is 2. The lowest BCUT2D eigenvalue weighted by Crippen LogP contribution is -2.43. The van der Waals surface area contributed by atoms with Crippen LogP contribution in [0.5, 0.6) is 0 Å². The molecule has 152 valence electrons. The second kappa shape index (κ2) is 15.1. The second-order valence-electron chi connectivity index (χ2n) is 6.81. The predicted molar refractivity (Wildman–Crippen MR) is 108 cm³/mol. The van der Waals surface area contributed by atoms with Gasteiger partial charge in [0.2, 0.25) is 0 Å². The lowest BCUT2D eigenvalue weighted by molar-refractivity contribution is -0.146. The van der Waals surface area contributed by atoms with Crippen LogP contribution in [-0.4, -0.2) is 31.3 Å². The van der Waals surface area contributed by atoms with Gasteiger partial charge in [0.15, 0.2) is 0 Å². The molecule has 1 rings (SSSR count). The standard InChI is InChI=1S/C22H35NO4/c1-3-5-7-8-9-13-17-26-21(24)20(18-19-14-11-10-12-15-19)23-22(25)27-16-6-4-2/h10-12,14-15,20H,3-9,13,16-18H2,1-2H3,(H,23,25). The highest BCUT2D eigenvalue weighted by Crippen LogP contribution is 2.08. The number of rotatable bonds is 14. The molecule has 0 saturated carbocycles. The van der Waals surface area contributed by atoms with Crippen molar-refractivity contribution in [3.8, 4) is 0 Å². The number of alkyl carbamates (subject to hydrolysis) is 1. The molecule has 0 spiro atoms. The van der Waals surface area contributed by atoms with Gasteiger partial charge in [0.25, 0.3) is 0 Å². The topological polar surface area (TPSA) is 64.6 Å². The Hall–Kier alpha value is -2.04. The molecule has 1 unspecified atom stereocenters. The highest BCUT2D eigenvalue weighted by atomic mass is 16.6. The summed E-state index contributed by atoms with van der Waals surface area (Å²) in [6.45, 7) is 4.96. The molecule has 0 bridgehead atoms. The summed E-state index contributed by atoms with van der Waals surface area (Å²) >= 11 is 0. The lowest BCUT2D eigenvalue weighted by atomic mass is 10.1. The third-order valence-corrected chi connectivity index (χ3v) is 4.33. The molecule has 5 nitrogen and oxygen atoms in total. The average molecular weight is 378 g/mol. The number of benzene rings is 1. The van der Waals surface area contributed by atoms with Crippen molar-refractivity contribution in [1.82, 2.24) is 5.32 Å². The first kappa shape index (κ1) is 23.0. The molecule has 0 saturated heterocycles. The zero-order valence-corrected chi connectivity index (χ0v) is 16.9. The average Bonchev–Trinajstić information content (AvgIpc) is 2.67. The van der Waals surface area contributed by atoms with E-state index in [9.17, 15) is 9.59 Å². The normalized spacial score (nSPS) is 11.6. The van der Waals surface area contributed by atoms with Gasteiger partial charge in [0.05, 0.1) is 13.2 Å². The van der Waals surface area contributed by atoms with E-state index in [0.717, 1.165) is 31.2 Å². The molecule has 1 atom stereocenters. The Morgan fingerprint density at radius 2 is 1.48 bits per heavy atom. The number of nitrogens with one attached hydrogen (secondary N) is 1. The minimum atomic E-state index is -0.735. The Kier molecular flexibility index (Phi) is 12.8. The summed E-state index contributed by atoms with van der Waals surface area (Å²) in [4.78, 5) is 24.4. The maximum atomic E-state index is 12.5. The van der Waals surface area contributed by atoms with E-state index in [-0.39, 0.29) is 0 Å². The molecule has 0 aliphatic rings. The minimum absolute atomic E-state index is 0.354. The van der Waals surface area contributed by atoms with Crippen LogP contribution in [0.1, 0.15) is 70.8 Å². The molecular formula is C22H35NO4. The summed E-state index contributed by atoms with van der Waals surface area (Å²) in [6.07, 6.45) is 8.35. The van der Waals surface area contributed by atoms with Crippen molar-refractivity contribution >= 4 is 12.1 Å². The summed E-state index contributed by atoms with van der Waals surface area (Å²) in [5.41, 5.74) is 0.966. The van der Waals surface area contributed by atoms with Crippen molar-refractivity contribution in [2.75, 3.05) is 13.2 Å². The fraction of sp³-hybridized carbons (Fsp3) is 0.636. The van der Waals surface area contributed by atoms with Crippen molar-refractivity contribution in [2.45, 2.75) is 77.7 Å². The molecule has 1 N–H and O–H groups in total. The van der Waals surface area contributed by atoms with Gasteiger partial charge in [-0.05, 0) is 18.4 Å². The SMILES string of the molecule is CCCCCCCCOC(=O)C(Cc1ccccc1)NC(=O)OCCCC. The third kappa shape index (κ3) is 11.3. The van der Waals surface area contributed by atoms with E-state index >= 15 is 0 Å². The number of carbonyl (C=O) groups excluding carboxylic acids is 2. The number of carbonyl (C=O) groups is 2. The van der Waals surface area contributed by atoms with E-state index in [2.05, 4.69) is 12.2 Å². The Morgan fingerprint density at radius 3 is 2.19 bits per heavy atom. The summed E-state index contributed by atoms with van der Waals surface area (Å²) in [6, 6.07) is 8.86. The van der Waals surface area contributed by atoms with Crippen molar-refractivity contribution in [3.05, 3.63) is 35.9 Å². The van der Waals surface area contributed by atoms with Gasteiger partial charge in [0.1, 0.15) is 6.04 Å². The van der Waals surface area contributed by atoms with Gasteiger partial charge in [-0.2, -0.15) is 0 Å². The van der Waals surface area contributed by atoms with Gasteiger partial charge >= 0.3 is 12.1 Å². The van der Waals surface area contributed by atoms with E-state index < -0.39 is 18.1 Å². The molecule has 5 heteroatoms. The van der Waals surface area contributed by atoms with Gasteiger partial charge < -0.3 is 14.8 Å². The number of amides is 1. The third-order valence-electron chi connectivity index (χ3n) is 4.33. The lowest BCUT2D eigenvalue weighted by Gasteiger charge is -2.18. The first-order chi connectivity index (χ1) is 13.2. The van der Waals surface area contributed by atoms with Crippen molar-refractivity contribution < 1.29 is 19.1 Å². The van der Waals surface area contributed by atoms with E-state index in [0.29, 0.717) is 19.6 Å². The summed E-state index contributed by atoms with van der Waals surface area (Å²) in [5.74, 6) is -0.403. The summed E-state index contributed by atoms with van der Waals surface area (Å²) < 4.78 is 10.5. The van der Waals surface area contributed by atoms with E-state index in [1.165, 1.54) is 25.7 Å². The van der Waals surface area contributed by atoms with Crippen LogP contribution in [0.2, 0.25) is 0 Å². The van der Waals surface area contributed by atoms with Gasteiger partial charge in [0, 0.05) is 6.42 Å². The van der Waals surface area contributed by atoms with Gasteiger partial charge in [-0.25, -0.2) is 9.59 Å². The molecule has 0 heterocycles. The molecule has 1 amide bonds. The van der Waals surface area contributed by atoms with Crippen LogP contribution in [-0.2, 0) is 20.7 Å². The van der Waals surface area contributed by atoms with E-state index in [4.69, 9.17) is 9.47 Å². The molecule has 1 aromatic rings. The maximum Gasteiger partial charge on any atom is 0.407 e. The molecule has 0 aliphatic heterocycles. The maximum absolute atomic E-state index is 12.5. The minimum Gasteiger partial charge on any atom is -0.464 e. The van der Waals surface area contributed by atoms with Crippen LogP contribution < -0.4 is 5.32 Å². The Bertz CT molecular complexity index is 518. The number of unbranched alkanes of at least 4 members (excludes halogenated alkanes) is 6. The van der Waals surface area contributed by atoms with Crippen LogP contribution in [0.25, 0.3) is 0 Å². The molecule has 0 fully saturated rings. The zero-order valence-electron chi connectivity index (χ0n) is 16.9. The highest BCUT2D eigenvalue weighted by molar-refractivity contribution is 5.81. The Balaban J connectivity index is 2.46. The second-order valence-corrected chi connectivity index (χ2v) is 6.81. The van der Waals surface area contributed by atoms with E-state index in [1.807, 2.05) is 37.3 Å². The van der Waals surface area contributed by atoms with Crippen molar-refractivity contribution in [1.29, 1.82) is 0 Å². The number of hydrogen-bond donors (Lipinski definition) is 1. The van der Waals surface area contributed by atoms with Crippen LogP contribution in [0.15, 0.2) is 30.3 Å². The predicted octanol–water partition coefficient (Wildman–Crippen LogP) is 5.03. The highest BCUT2D eigenvalue weighted by Gasteiger charge is 2.23. The van der Waals surface area contributed by atoms with E-state index in [1.54, 1.807) is 0 Å². The van der Waals surface area contributed by atoms with Crippen LogP contribution in [0.3, 0.4) is 0 Å². The molecule has 1 aromatic carbocycles. The van der Waals surface area contributed by atoms with Gasteiger partial charge in [-0.15, -0.1) is 0 Å². The Morgan fingerprint density at radius 1 is 0.852 bits per heavy atom. The van der Waals surface area contributed by atoms with Crippen LogP contribution >= 0.6 is 0 Å². The summed E-state index contributed by atoms with van der Waals surface area (Å²) in [5, 5.41) is 2.66. The van der Waals surface area contributed by atoms with Gasteiger partial charge in [-0.3, -0.25) is 0 Å². The largest absolute Gasteiger partial charge is 0.464 e. The summed E-state index contributed by atoms with van der Waals surface area (Å²) in [7, 11) is 0. The first-order valence-electron chi connectivity index (χ1n) is 10.3. The van der Waals surface area contributed by atoms with Crippen LogP contribution in [0.4, 0.5) is 4.79 Å². The van der Waals surface area contributed by atoms with Crippen molar-refractivity contribution in [2.24, 2.45) is 0 Å². The smallest absolute Gasteiger partial charge is 0.407 e. The molecular weight excluding hydrogens is 342 g/mol. The molecule has 0 aliphatic carbocycles.